The molecule has 0 bridgehead atoms. The highest BCUT2D eigenvalue weighted by Gasteiger charge is 2.33. The first kappa shape index (κ1) is 13.4. The highest BCUT2D eigenvalue weighted by Crippen LogP contribution is 2.34. The quantitative estimate of drug-likeness (QED) is 0.828. The fraction of sp³-hybridized carbons (Fsp3) is 0.917. The van der Waals surface area contributed by atoms with Gasteiger partial charge in [-0.2, -0.15) is 0 Å². The molecule has 0 radical (unpaired) electrons. The number of hydrogen-bond acceptors (Lipinski definition) is 5. The number of methoxy groups -OCH3 is 1. The molecular weight excluding hydrogens is 230 g/mol. The predicted octanol–water partition coefficient (Wildman–Crippen LogP) is 1.33. The van der Waals surface area contributed by atoms with Crippen LogP contribution in [0.4, 0.5) is 0 Å². The van der Waals surface area contributed by atoms with Crippen LogP contribution < -0.4 is 5.32 Å². The summed E-state index contributed by atoms with van der Waals surface area (Å²) in [5.74, 6) is 1.55. The van der Waals surface area contributed by atoms with Crippen LogP contribution in [0.5, 0.6) is 0 Å². The number of tetrazole rings is 1. The van der Waals surface area contributed by atoms with Gasteiger partial charge in [-0.1, -0.05) is 13.8 Å². The van der Waals surface area contributed by atoms with Crippen LogP contribution in [-0.2, 0) is 4.74 Å². The lowest BCUT2D eigenvalue weighted by molar-refractivity contribution is 0.000614. The molecule has 1 unspecified atom stereocenters. The minimum absolute atomic E-state index is 0.184. The van der Waals surface area contributed by atoms with Gasteiger partial charge in [-0.05, 0) is 42.7 Å². The molecule has 2 rings (SSSR count). The smallest absolute Gasteiger partial charge is 0.168 e. The number of hydrogen-bond donors (Lipinski definition) is 1. The summed E-state index contributed by atoms with van der Waals surface area (Å²) in [6.45, 7) is 7.46. The molecule has 0 aromatic carbocycles. The Balaban J connectivity index is 1.95. The Morgan fingerprint density at radius 3 is 2.72 bits per heavy atom. The zero-order valence-electron chi connectivity index (χ0n) is 11.6. The molecule has 0 aliphatic heterocycles. The predicted molar refractivity (Wildman–Crippen MR) is 68.1 cm³/mol. The van der Waals surface area contributed by atoms with Gasteiger partial charge in [0.15, 0.2) is 5.82 Å². The van der Waals surface area contributed by atoms with Crippen LogP contribution in [0.2, 0.25) is 0 Å². The Bertz CT molecular complexity index is 372. The van der Waals surface area contributed by atoms with Crippen molar-refractivity contribution in [3.05, 3.63) is 5.82 Å². The average molecular weight is 253 g/mol. The molecule has 1 aromatic heterocycles. The number of nitrogens with zero attached hydrogens (tertiary/aromatic N) is 4. The first-order valence-electron chi connectivity index (χ1n) is 6.65. The molecule has 1 aromatic rings. The van der Waals surface area contributed by atoms with Crippen molar-refractivity contribution in [3.63, 3.8) is 0 Å². The third kappa shape index (κ3) is 2.87. The van der Waals surface area contributed by atoms with Crippen molar-refractivity contribution in [1.29, 1.82) is 0 Å². The fourth-order valence-electron chi connectivity index (χ4n) is 2.18. The van der Waals surface area contributed by atoms with Gasteiger partial charge < -0.3 is 10.1 Å². The van der Waals surface area contributed by atoms with E-state index in [1.54, 1.807) is 7.11 Å². The normalized spacial score (nSPS) is 25.2. The summed E-state index contributed by atoms with van der Waals surface area (Å²) < 4.78 is 7.25. The summed E-state index contributed by atoms with van der Waals surface area (Å²) in [6.07, 6.45) is 2.38. The third-order valence-electron chi connectivity index (χ3n) is 3.49. The van der Waals surface area contributed by atoms with E-state index in [0.29, 0.717) is 18.1 Å². The first-order chi connectivity index (χ1) is 8.61. The Labute approximate surface area is 108 Å². The average Bonchev–Trinajstić information content (AvgIpc) is 2.73. The van der Waals surface area contributed by atoms with E-state index in [9.17, 15) is 0 Å². The van der Waals surface area contributed by atoms with Gasteiger partial charge in [0.2, 0.25) is 0 Å². The molecule has 1 aliphatic carbocycles. The summed E-state index contributed by atoms with van der Waals surface area (Å²) in [7, 11) is 1.76. The summed E-state index contributed by atoms with van der Waals surface area (Å²) in [6, 6.07) is 0.576. The highest BCUT2D eigenvalue weighted by molar-refractivity contribution is 4.96. The van der Waals surface area contributed by atoms with E-state index in [1.165, 1.54) is 0 Å². The van der Waals surface area contributed by atoms with Crippen LogP contribution in [0.1, 0.15) is 51.5 Å². The Morgan fingerprint density at radius 1 is 1.39 bits per heavy atom. The molecule has 0 saturated heterocycles. The van der Waals surface area contributed by atoms with Gasteiger partial charge in [-0.15, -0.1) is 5.10 Å². The molecule has 1 saturated carbocycles. The van der Waals surface area contributed by atoms with Crippen molar-refractivity contribution in [2.75, 3.05) is 13.7 Å². The van der Waals surface area contributed by atoms with Crippen molar-refractivity contribution >= 4 is 0 Å². The Morgan fingerprint density at radius 2 is 2.11 bits per heavy atom. The van der Waals surface area contributed by atoms with Crippen molar-refractivity contribution in [2.45, 2.75) is 51.8 Å². The van der Waals surface area contributed by atoms with E-state index in [1.807, 2.05) is 4.68 Å². The van der Waals surface area contributed by atoms with Gasteiger partial charge >= 0.3 is 0 Å². The molecule has 1 aliphatic rings. The highest BCUT2D eigenvalue weighted by atomic mass is 16.5. The molecular formula is C12H23N5O. The second-order valence-electron chi connectivity index (χ2n) is 5.49. The van der Waals surface area contributed by atoms with Crippen molar-refractivity contribution in [1.82, 2.24) is 25.5 Å². The summed E-state index contributed by atoms with van der Waals surface area (Å²) >= 11 is 0. The summed E-state index contributed by atoms with van der Waals surface area (Å²) in [5.41, 5.74) is 0. The van der Waals surface area contributed by atoms with Crippen LogP contribution in [0.3, 0.4) is 0 Å². The van der Waals surface area contributed by atoms with E-state index in [0.717, 1.165) is 25.2 Å². The maximum Gasteiger partial charge on any atom is 0.168 e. The van der Waals surface area contributed by atoms with Crippen LogP contribution in [0, 0.1) is 5.92 Å². The van der Waals surface area contributed by atoms with E-state index in [4.69, 9.17) is 4.74 Å². The van der Waals surface area contributed by atoms with Crippen molar-refractivity contribution < 1.29 is 4.74 Å². The lowest BCUT2D eigenvalue weighted by atomic mass is 9.89. The zero-order chi connectivity index (χ0) is 13.1. The zero-order valence-corrected chi connectivity index (χ0v) is 11.6. The minimum Gasteiger partial charge on any atom is -0.381 e. The van der Waals surface area contributed by atoms with Gasteiger partial charge in [-0.3, -0.25) is 0 Å². The van der Waals surface area contributed by atoms with Crippen LogP contribution in [0.15, 0.2) is 0 Å². The number of aromatic nitrogens is 4. The van der Waals surface area contributed by atoms with E-state index >= 15 is 0 Å². The number of rotatable bonds is 6. The topological polar surface area (TPSA) is 64.9 Å². The first-order valence-corrected chi connectivity index (χ1v) is 6.65. The molecule has 0 amide bonds. The number of nitrogens with one attached hydrogen (secondary N) is 1. The monoisotopic (exact) mass is 253 g/mol. The molecule has 1 fully saturated rings. The largest absolute Gasteiger partial charge is 0.381 e. The molecule has 1 N–H and O–H groups in total. The fourth-order valence-corrected chi connectivity index (χ4v) is 2.18. The molecule has 6 nitrogen and oxygen atoms in total. The van der Waals surface area contributed by atoms with Crippen molar-refractivity contribution in [3.8, 4) is 0 Å². The summed E-state index contributed by atoms with van der Waals surface area (Å²) in [5, 5.41) is 15.5. The minimum atomic E-state index is 0.184. The van der Waals surface area contributed by atoms with Crippen molar-refractivity contribution in [2.24, 2.45) is 5.92 Å². The third-order valence-corrected chi connectivity index (χ3v) is 3.49. The van der Waals surface area contributed by atoms with E-state index < -0.39 is 0 Å². The van der Waals surface area contributed by atoms with Gasteiger partial charge in [0.25, 0.3) is 0 Å². The van der Waals surface area contributed by atoms with Gasteiger partial charge in [0.05, 0.1) is 18.2 Å². The second kappa shape index (κ2) is 5.75. The van der Waals surface area contributed by atoms with E-state index in [-0.39, 0.29) is 6.04 Å². The molecule has 1 heterocycles. The van der Waals surface area contributed by atoms with Gasteiger partial charge in [0.1, 0.15) is 0 Å². The molecule has 0 spiro atoms. The lowest BCUT2D eigenvalue weighted by Gasteiger charge is -2.34. The standard InChI is InChI=1S/C12H23N5O/c1-8(2)7-13-9(3)12-14-15-16-17(12)10-5-11(6-10)18-4/h8-11,13H,5-7H2,1-4H3. The van der Waals surface area contributed by atoms with Gasteiger partial charge in [-0.25, -0.2) is 4.68 Å². The molecule has 18 heavy (non-hydrogen) atoms. The molecule has 102 valence electrons. The molecule has 1 atom stereocenters. The second-order valence-corrected chi connectivity index (χ2v) is 5.49. The van der Waals surface area contributed by atoms with Crippen LogP contribution in [0.25, 0.3) is 0 Å². The maximum atomic E-state index is 5.30. The molecule has 6 heteroatoms. The van der Waals surface area contributed by atoms with Crippen LogP contribution >= 0.6 is 0 Å². The Kier molecular flexibility index (Phi) is 4.29. The number of ether oxygens (including phenoxy) is 1. The SMILES string of the molecule is COC1CC(n2nnnc2C(C)NCC(C)C)C1. The lowest BCUT2D eigenvalue weighted by Crippen LogP contribution is -2.35. The van der Waals surface area contributed by atoms with Gasteiger partial charge in [0, 0.05) is 7.11 Å². The maximum absolute atomic E-state index is 5.30. The summed E-state index contributed by atoms with van der Waals surface area (Å²) in [4.78, 5) is 0. The Hall–Kier alpha value is -1.01. The van der Waals surface area contributed by atoms with Crippen LogP contribution in [-0.4, -0.2) is 40.0 Å². The van der Waals surface area contributed by atoms with E-state index in [2.05, 4.69) is 41.6 Å².